The number of aryl methyl sites for hydroxylation is 1. The van der Waals surface area contributed by atoms with Crippen molar-refractivity contribution in [3.63, 3.8) is 0 Å². The summed E-state index contributed by atoms with van der Waals surface area (Å²) in [4.78, 5) is 0. The van der Waals surface area contributed by atoms with Crippen LogP contribution in [0.1, 0.15) is 11.1 Å². The monoisotopic (exact) mass is 164 g/mol. The van der Waals surface area contributed by atoms with Crippen molar-refractivity contribution < 1.29 is 4.74 Å². The van der Waals surface area contributed by atoms with Crippen molar-refractivity contribution in [2.24, 2.45) is 0 Å². The summed E-state index contributed by atoms with van der Waals surface area (Å²) in [5, 5.41) is 0. The van der Waals surface area contributed by atoms with E-state index in [1.807, 2.05) is 12.1 Å². The second-order valence-corrected chi connectivity index (χ2v) is 2.36. The van der Waals surface area contributed by atoms with Crippen LogP contribution >= 0.6 is 0 Å². The van der Waals surface area contributed by atoms with Crippen LogP contribution in [-0.4, -0.2) is 7.11 Å². The van der Waals surface area contributed by atoms with Crippen molar-refractivity contribution in [3.05, 3.63) is 48.6 Å². The van der Waals surface area contributed by atoms with E-state index in [0.717, 1.165) is 0 Å². The van der Waals surface area contributed by atoms with E-state index in [2.05, 4.69) is 32.2 Å². The average Bonchev–Trinajstić information content (AvgIpc) is 2.13. The third-order valence-electron chi connectivity index (χ3n) is 1.56. The Morgan fingerprint density at radius 2 is 1.83 bits per heavy atom. The number of benzene rings is 1. The molecule has 0 fully saturated rings. The Kier molecular flexibility index (Phi) is 6.02. The Balaban J connectivity index is 0.000000561. The SMILES string of the molecule is C=C.COCc1ccccc1C. The summed E-state index contributed by atoms with van der Waals surface area (Å²) in [6.45, 7) is 8.81. The maximum absolute atomic E-state index is 5.01. The lowest BCUT2D eigenvalue weighted by Crippen LogP contribution is -1.89. The van der Waals surface area contributed by atoms with E-state index in [0.29, 0.717) is 6.61 Å². The first-order valence-electron chi connectivity index (χ1n) is 3.88. The van der Waals surface area contributed by atoms with E-state index in [-0.39, 0.29) is 0 Å². The molecule has 12 heavy (non-hydrogen) atoms. The second kappa shape index (κ2) is 6.62. The van der Waals surface area contributed by atoms with Crippen LogP contribution in [0, 0.1) is 6.92 Å². The van der Waals surface area contributed by atoms with Gasteiger partial charge in [0.05, 0.1) is 6.61 Å². The van der Waals surface area contributed by atoms with E-state index in [1.54, 1.807) is 7.11 Å². The largest absolute Gasteiger partial charge is 0.380 e. The first-order valence-corrected chi connectivity index (χ1v) is 3.88. The van der Waals surface area contributed by atoms with Gasteiger partial charge in [-0.15, -0.1) is 13.2 Å². The summed E-state index contributed by atoms with van der Waals surface area (Å²) in [5.41, 5.74) is 2.56. The Bertz CT molecular complexity index is 218. The number of hydrogen-bond donors (Lipinski definition) is 0. The standard InChI is InChI=1S/C9H12O.C2H4/c1-8-5-3-4-6-9(8)7-10-2;1-2/h3-6H,7H2,1-2H3;1-2H2. The van der Waals surface area contributed by atoms with E-state index in [4.69, 9.17) is 4.74 Å². The van der Waals surface area contributed by atoms with Gasteiger partial charge in [0.2, 0.25) is 0 Å². The summed E-state index contributed by atoms with van der Waals surface area (Å²) in [6, 6.07) is 8.24. The van der Waals surface area contributed by atoms with Crippen molar-refractivity contribution in [3.8, 4) is 0 Å². The molecule has 1 heteroatoms. The van der Waals surface area contributed by atoms with E-state index < -0.39 is 0 Å². The van der Waals surface area contributed by atoms with Gasteiger partial charge in [-0.05, 0) is 18.1 Å². The van der Waals surface area contributed by atoms with Gasteiger partial charge in [-0.1, -0.05) is 24.3 Å². The van der Waals surface area contributed by atoms with Crippen molar-refractivity contribution in [2.45, 2.75) is 13.5 Å². The highest BCUT2D eigenvalue weighted by atomic mass is 16.5. The first-order chi connectivity index (χ1) is 5.84. The molecule has 0 spiro atoms. The molecule has 0 aromatic heterocycles. The van der Waals surface area contributed by atoms with Crippen LogP contribution in [0.15, 0.2) is 37.4 Å². The quantitative estimate of drug-likeness (QED) is 0.611. The molecule has 0 saturated heterocycles. The smallest absolute Gasteiger partial charge is 0.0715 e. The minimum atomic E-state index is 0.715. The molecular formula is C11H16O. The van der Waals surface area contributed by atoms with Crippen LogP contribution in [-0.2, 0) is 11.3 Å². The van der Waals surface area contributed by atoms with Crippen molar-refractivity contribution in [1.82, 2.24) is 0 Å². The maximum Gasteiger partial charge on any atom is 0.0715 e. The van der Waals surface area contributed by atoms with E-state index in [9.17, 15) is 0 Å². The molecule has 0 aliphatic rings. The molecule has 66 valence electrons. The lowest BCUT2D eigenvalue weighted by atomic mass is 10.1. The van der Waals surface area contributed by atoms with Gasteiger partial charge in [0, 0.05) is 7.11 Å². The molecule has 0 saturated carbocycles. The third-order valence-corrected chi connectivity index (χ3v) is 1.56. The van der Waals surface area contributed by atoms with Gasteiger partial charge in [-0.3, -0.25) is 0 Å². The van der Waals surface area contributed by atoms with Crippen molar-refractivity contribution in [2.75, 3.05) is 7.11 Å². The van der Waals surface area contributed by atoms with Gasteiger partial charge in [0.25, 0.3) is 0 Å². The Hall–Kier alpha value is -1.08. The lowest BCUT2D eigenvalue weighted by molar-refractivity contribution is 0.184. The fraction of sp³-hybridized carbons (Fsp3) is 0.273. The van der Waals surface area contributed by atoms with Gasteiger partial charge in [-0.2, -0.15) is 0 Å². The molecule has 1 nitrogen and oxygen atoms in total. The number of ether oxygens (including phenoxy) is 1. The molecule has 1 aromatic carbocycles. The van der Waals surface area contributed by atoms with Gasteiger partial charge < -0.3 is 4.74 Å². The molecule has 0 atom stereocenters. The lowest BCUT2D eigenvalue weighted by Gasteiger charge is -2.01. The summed E-state index contributed by atoms with van der Waals surface area (Å²) in [5.74, 6) is 0. The van der Waals surface area contributed by atoms with Crippen LogP contribution in [0.25, 0.3) is 0 Å². The first kappa shape index (κ1) is 10.9. The Labute approximate surface area is 74.7 Å². The highest BCUT2D eigenvalue weighted by molar-refractivity contribution is 5.24. The van der Waals surface area contributed by atoms with Crippen molar-refractivity contribution in [1.29, 1.82) is 0 Å². The molecule has 1 aromatic rings. The van der Waals surface area contributed by atoms with Gasteiger partial charge >= 0.3 is 0 Å². The summed E-state index contributed by atoms with van der Waals surface area (Å²) >= 11 is 0. The summed E-state index contributed by atoms with van der Waals surface area (Å²) in [6.07, 6.45) is 0. The summed E-state index contributed by atoms with van der Waals surface area (Å²) < 4.78 is 5.01. The summed E-state index contributed by atoms with van der Waals surface area (Å²) in [7, 11) is 1.71. The predicted molar refractivity (Wildman–Crippen MR) is 53.1 cm³/mol. The molecule has 0 heterocycles. The Morgan fingerprint density at radius 3 is 2.33 bits per heavy atom. The molecule has 0 aliphatic carbocycles. The highest BCUT2D eigenvalue weighted by Gasteiger charge is 1.92. The zero-order valence-electron chi connectivity index (χ0n) is 7.84. The van der Waals surface area contributed by atoms with E-state index >= 15 is 0 Å². The molecule has 0 bridgehead atoms. The van der Waals surface area contributed by atoms with Crippen LogP contribution in [0.2, 0.25) is 0 Å². The fourth-order valence-corrected chi connectivity index (χ4v) is 0.928. The van der Waals surface area contributed by atoms with Crippen LogP contribution in [0.4, 0.5) is 0 Å². The second-order valence-electron chi connectivity index (χ2n) is 2.36. The average molecular weight is 164 g/mol. The molecule has 0 radical (unpaired) electrons. The number of methoxy groups -OCH3 is 1. The number of hydrogen-bond acceptors (Lipinski definition) is 1. The number of rotatable bonds is 2. The van der Waals surface area contributed by atoms with Gasteiger partial charge in [0.15, 0.2) is 0 Å². The minimum absolute atomic E-state index is 0.715. The minimum Gasteiger partial charge on any atom is -0.380 e. The molecule has 0 N–H and O–H groups in total. The predicted octanol–water partition coefficient (Wildman–Crippen LogP) is 2.94. The normalized spacial score (nSPS) is 8.50. The third kappa shape index (κ3) is 3.35. The fourth-order valence-electron chi connectivity index (χ4n) is 0.928. The topological polar surface area (TPSA) is 9.23 Å². The molecule has 0 aliphatic heterocycles. The van der Waals surface area contributed by atoms with E-state index in [1.165, 1.54) is 11.1 Å². The highest BCUT2D eigenvalue weighted by Crippen LogP contribution is 2.06. The molecule has 0 amide bonds. The molecule has 0 unspecified atom stereocenters. The zero-order valence-corrected chi connectivity index (χ0v) is 7.84. The van der Waals surface area contributed by atoms with Gasteiger partial charge in [0.1, 0.15) is 0 Å². The molecule has 1 rings (SSSR count). The van der Waals surface area contributed by atoms with Crippen LogP contribution < -0.4 is 0 Å². The zero-order chi connectivity index (χ0) is 9.40. The van der Waals surface area contributed by atoms with Gasteiger partial charge in [-0.25, -0.2) is 0 Å². The van der Waals surface area contributed by atoms with Crippen LogP contribution in [0.3, 0.4) is 0 Å². The Morgan fingerprint density at radius 1 is 1.25 bits per heavy atom. The van der Waals surface area contributed by atoms with Crippen molar-refractivity contribution >= 4 is 0 Å². The van der Waals surface area contributed by atoms with Crippen LogP contribution in [0.5, 0.6) is 0 Å². The molecular weight excluding hydrogens is 148 g/mol. The maximum atomic E-state index is 5.01.